The highest BCUT2D eigenvalue weighted by atomic mass is 28.4. The highest BCUT2D eigenvalue weighted by Crippen LogP contribution is 2.45. The SMILES string of the molecule is COc1cc(OC)c2c(OC)c(NC(C)(C)C)c(CCCO[Si](C)(C)C(C)(C)C)cc2c1. The van der Waals surface area contributed by atoms with E-state index in [1.54, 1.807) is 21.3 Å². The van der Waals surface area contributed by atoms with Gasteiger partial charge in [0, 0.05) is 18.2 Å². The van der Waals surface area contributed by atoms with E-state index < -0.39 is 8.32 Å². The third-order valence-corrected chi connectivity index (χ3v) is 10.8. The van der Waals surface area contributed by atoms with E-state index in [1.807, 2.05) is 12.1 Å². The summed E-state index contributed by atoms with van der Waals surface area (Å²) in [5.41, 5.74) is 2.11. The minimum absolute atomic E-state index is 0.118. The van der Waals surface area contributed by atoms with Crippen molar-refractivity contribution in [3.05, 3.63) is 23.8 Å². The third kappa shape index (κ3) is 6.10. The Morgan fingerprint density at radius 3 is 2.03 bits per heavy atom. The maximum Gasteiger partial charge on any atom is 0.191 e. The zero-order valence-electron chi connectivity index (χ0n) is 22.0. The molecule has 0 radical (unpaired) electrons. The molecular formula is C26H43NO4Si. The molecule has 2 aromatic rings. The summed E-state index contributed by atoms with van der Waals surface area (Å²) in [6.45, 7) is 18.7. The van der Waals surface area contributed by atoms with Crippen LogP contribution in [-0.2, 0) is 10.8 Å². The van der Waals surface area contributed by atoms with E-state index >= 15 is 0 Å². The molecule has 2 rings (SSSR count). The van der Waals surface area contributed by atoms with Crippen LogP contribution in [-0.4, -0.2) is 41.8 Å². The summed E-state index contributed by atoms with van der Waals surface area (Å²) in [4.78, 5) is 0. The van der Waals surface area contributed by atoms with Crippen LogP contribution in [0.15, 0.2) is 18.2 Å². The van der Waals surface area contributed by atoms with E-state index in [0.717, 1.165) is 53.2 Å². The van der Waals surface area contributed by atoms with Crippen molar-refractivity contribution in [1.82, 2.24) is 0 Å². The van der Waals surface area contributed by atoms with Crippen molar-refractivity contribution >= 4 is 24.8 Å². The van der Waals surface area contributed by atoms with Gasteiger partial charge in [0.2, 0.25) is 0 Å². The van der Waals surface area contributed by atoms with E-state index in [4.69, 9.17) is 18.6 Å². The van der Waals surface area contributed by atoms with Gasteiger partial charge in [-0.25, -0.2) is 0 Å². The second-order valence-electron chi connectivity index (χ2n) is 11.0. The molecule has 0 unspecified atom stereocenters. The molecule has 0 saturated heterocycles. The number of nitrogens with one attached hydrogen (secondary N) is 1. The third-order valence-electron chi connectivity index (χ3n) is 6.23. The number of ether oxygens (including phenoxy) is 3. The number of rotatable bonds is 9. The van der Waals surface area contributed by atoms with Crippen molar-refractivity contribution in [3.8, 4) is 17.2 Å². The van der Waals surface area contributed by atoms with E-state index in [0.29, 0.717) is 0 Å². The van der Waals surface area contributed by atoms with Crippen LogP contribution in [0.1, 0.15) is 53.5 Å². The van der Waals surface area contributed by atoms with E-state index in [-0.39, 0.29) is 10.6 Å². The zero-order valence-corrected chi connectivity index (χ0v) is 23.0. The second-order valence-corrected chi connectivity index (χ2v) is 15.8. The van der Waals surface area contributed by atoms with Gasteiger partial charge in [-0.05, 0) is 74.8 Å². The van der Waals surface area contributed by atoms with Crippen LogP contribution in [0.4, 0.5) is 5.69 Å². The van der Waals surface area contributed by atoms with Crippen molar-refractivity contribution in [2.24, 2.45) is 0 Å². The molecule has 0 saturated carbocycles. The molecule has 0 aliphatic rings. The number of methoxy groups -OCH3 is 3. The number of anilines is 1. The average Bonchev–Trinajstić information content (AvgIpc) is 2.68. The van der Waals surface area contributed by atoms with Gasteiger partial charge in [0.05, 0.1) is 32.4 Å². The fourth-order valence-corrected chi connectivity index (χ4v) is 4.58. The van der Waals surface area contributed by atoms with Gasteiger partial charge in [-0.1, -0.05) is 20.8 Å². The molecule has 0 bridgehead atoms. The summed E-state index contributed by atoms with van der Waals surface area (Å²) < 4.78 is 23.6. The molecule has 0 atom stereocenters. The van der Waals surface area contributed by atoms with Crippen LogP contribution in [0.25, 0.3) is 10.8 Å². The zero-order chi connectivity index (χ0) is 24.3. The monoisotopic (exact) mass is 461 g/mol. The number of benzene rings is 2. The van der Waals surface area contributed by atoms with Crippen molar-refractivity contribution in [2.45, 2.75) is 78.1 Å². The minimum atomic E-state index is -1.75. The lowest BCUT2D eigenvalue weighted by Crippen LogP contribution is -2.41. The van der Waals surface area contributed by atoms with Gasteiger partial charge < -0.3 is 24.0 Å². The molecule has 180 valence electrons. The number of fused-ring (bicyclic) bond motifs is 1. The summed E-state index contributed by atoms with van der Waals surface area (Å²) in [6, 6.07) is 6.17. The highest BCUT2D eigenvalue weighted by Gasteiger charge is 2.36. The van der Waals surface area contributed by atoms with Gasteiger partial charge in [-0.3, -0.25) is 0 Å². The largest absolute Gasteiger partial charge is 0.497 e. The molecule has 0 spiro atoms. The van der Waals surface area contributed by atoms with Gasteiger partial charge in [0.1, 0.15) is 11.5 Å². The Morgan fingerprint density at radius 2 is 1.53 bits per heavy atom. The Morgan fingerprint density at radius 1 is 0.875 bits per heavy atom. The predicted octanol–water partition coefficient (Wildman–Crippen LogP) is 7.03. The van der Waals surface area contributed by atoms with Crippen LogP contribution < -0.4 is 19.5 Å². The Labute approximate surface area is 195 Å². The summed E-state index contributed by atoms with van der Waals surface area (Å²) in [6.07, 6.45) is 1.83. The van der Waals surface area contributed by atoms with Crippen molar-refractivity contribution < 1.29 is 18.6 Å². The fraction of sp³-hybridized carbons (Fsp3) is 0.615. The van der Waals surface area contributed by atoms with Crippen molar-refractivity contribution in [3.63, 3.8) is 0 Å². The van der Waals surface area contributed by atoms with Crippen LogP contribution >= 0.6 is 0 Å². The van der Waals surface area contributed by atoms with Gasteiger partial charge in [0.25, 0.3) is 0 Å². The first-order valence-corrected chi connectivity index (χ1v) is 14.3. The predicted molar refractivity (Wildman–Crippen MR) is 138 cm³/mol. The lowest BCUT2D eigenvalue weighted by molar-refractivity contribution is 0.282. The van der Waals surface area contributed by atoms with E-state index in [9.17, 15) is 0 Å². The molecule has 0 aliphatic heterocycles. The molecule has 0 fully saturated rings. The molecule has 0 aromatic heterocycles. The maximum absolute atomic E-state index is 6.42. The molecule has 5 nitrogen and oxygen atoms in total. The Kier molecular flexibility index (Phi) is 8.16. The Bertz CT molecular complexity index is 926. The topological polar surface area (TPSA) is 49.0 Å². The van der Waals surface area contributed by atoms with Crippen LogP contribution in [0.3, 0.4) is 0 Å². The van der Waals surface area contributed by atoms with E-state index in [2.05, 4.69) is 66.0 Å². The molecular weight excluding hydrogens is 418 g/mol. The standard InChI is InChI=1S/C26H43NO4Si/c1-25(2,3)27-23-18(13-12-14-31-32(10,11)26(4,5)6)15-19-16-20(28-7)17-21(29-8)22(19)24(23)30-9/h15-17,27H,12-14H2,1-11H3. The first-order chi connectivity index (χ1) is 14.7. The molecule has 6 heteroatoms. The molecule has 2 aromatic carbocycles. The normalized spacial score (nSPS) is 12.7. The van der Waals surface area contributed by atoms with Gasteiger partial charge in [-0.15, -0.1) is 0 Å². The summed E-state index contributed by atoms with van der Waals surface area (Å²) in [7, 11) is 3.31. The molecule has 0 heterocycles. The summed E-state index contributed by atoms with van der Waals surface area (Å²) in [5.74, 6) is 2.30. The van der Waals surface area contributed by atoms with Gasteiger partial charge in [0.15, 0.2) is 14.1 Å². The lowest BCUT2D eigenvalue weighted by atomic mass is 9.97. The molecule has 0 aliphatic carbocycles. The minimum Gasteiger partial charge on any atom is -0.497 e. The number of hydrogen-bond donors (Lipinski definition) is 1. The van der Waals surface area contributed by atoms with Gasteiger partial charge >= 0.3 is 0 Å². The van der Waals surface area contributed by atoms with Crippen molar-refractivity contribution in [1.29, 1.82) is 0 Å². The quantitative estimate of drug-likeness (QED) is 0.321. The van der Waals surface area contributed by atoms with Crippen LogP contribution in [0, 0.1) is 0 Å². The second kappa shape index (κ2) is 9.92. The molecule has 0 amide bonds. The van der Waals surface area contributed by atoms with E-state index in [1.165, 1.54) is 5.56 Å². The van der Waals surface area contributed by atoms with Crippen LogP contribution in [0.5, 0.6) is 17.2 Å². The first kappa shape index (κ1) is 26.3. The molecule has 1 N–H and O–H groups in total. The Balaban J connectivity index is 2.49. The lowest BCUT2D eigenvalue weighted by Gasteiger charge is -2.36. The highest BCUT2D eigenvalue weighted by molar-refractivity contribution is 6.74. The first-order valence-electron chi connectivity index (χ1n) is 11.4. The Hall–Kier alpha value is -1.92. The number of aryl methyl sites for hydroxylation is 1. The average molecular weight is 462 g/mol. The maximum atomic E-state index is 6.42. The summed E-state index contributed by atoms with van der Waals surface area (Å²) in [5, 5.41) is 5.88. The smallest absolute Gasteiger partial charge is 0.191 e. The summed E-state index contributed by atoms with van der Waals surface area (Å²) >= 11 is 0. The van der Waals surface area contributed by atoms with Crippen LogP contribution in [0.2, 0.25) is 18.1 Å². The number of hydrogen-bond acceptors (Lipinski definition) is 5. The fourth-order valence-electron chi connectivity index (χ4n) is 3.50. The van der Waals surface area contributed by atoms with Crippen molar-refractivity contribution in [2.75, 3.05) is 33.3 Å². The molecule has 32 heavy (non-hydrogen) atoms. The van der Waals surface area contributed by atoms with Gasteiger partial charge in [-0.2, -0.15) is 0 Å².